The molecule has 1 saturated heterocycles. The number of aryl methyl sites for hydroxylation is 1. The molecule has 1 heterocycles. The third-order valence-electron chi connectivity index (χ3n) is 3.50. The van der Waals surface area contributed by atoms with Crippen LogP contribution in [0.5, 0.6) is 0 Å². The fraction of sp³-hybridized carbons (Fsp3) is 0.571. The maximum atomic E-state index is 12.1. The molecule has 1 fully saturated rings. The maximum absolute atomic E-state index is 12.1. The summed E-state index contributed by atoms with van der Waals surface area (Å²) in [5, 5.41) is 3.24. The van der Waals surface area contributed by atoms with Gasteiger partial charge in [0.25, 0.3) is 0 Å². The van der Waals surface area contributed by atoms with Crippen LogP contribution in [0, 0.1) is 5.92 Å². The molecule has 1 atom stereocenters. The lowest BCUT2D eigenvalue weighted by Crippen LogP contribution is -2.30. The number of sulfonamides is 1. The minimum atomic E-state index is -3.36. The molecular weight excluding hydrogens is 260 g/mol. The molecule has 1 aliphatic rings. The van der Waals surface area contributed by atoms with Gasteiger partial charge in [0, 0.05) is 6.54 Å². The first-order valence-corrected chi connectivity index (χ1v) is 8.39. The molecule has 2 N–H and O–H groups in total. The van der Waals surface area contributed by atoms with Gasteiger partial charge in [0.2, 0.25) is 10.0 Å². The van der Waals surface area contributed by atoms with Crippen LogP contribution in [0.1, 0.15) is 25.3 Å². The number of hydrogen-bond acceptors (Lipinski definition) is 3. The quantitative estimate of drug-likeness (QED) is 0.832. The zero-order valence-electron chi connectivity index (χ0n) is 11.4. The Bertz CT molecular complexity index is 491. The van der Waals surface area contributed by atoms with E-state index in [2.05, 4.69) is 17.0 Å². The van der Waals surface area contributed by atoms with Gasteiger partial charge in [0.1, 0.15) is 0 Å². The van der Waals surface area contributed by atoms with Gasteiger partial charge in [-0.25, -0.2) is 13.1 Å². The summed E-state index contributed by atoms with van der Waals surface area (Å²) >= 11 is 0. The molecule has 0 amide bonds. The highest BCUT2D eigenvalue weighted by Crippen LogP contribution is 2.13. The van der Waals surface area contributed by atoms with Gasteiger partial charge in [-0.05, 0) is 49.5 Å². The molecule has 106 valence electrons. The number of hydrogen-bond donors (Lipinski definition) is 2. The monoisotopic (exact) mass is 282 g/mol. The molecule has 0 saturated carbocycles. The Morgan fingerprint density at radius 2 is 2.05 bits per heavy atom. The average Bonchev–Trinajstić information content (AvgIpc) is 2.91. The van der Waals surface area contributed by atoms with E-state index < -0.39 is 10.0 Å². The second-order valence-corrected chi connectivity index (χ2v) is 6.87. The highest BCUT2D eigenvalue weighted by atomic mass is 32.2. The van der Waals surface area contributed by atoms with Crippen LogP contribution in [-0.2, 0) is 16.4 Å². The summed E-state index contributed by atoms with van der Waals surface area (Å²) in [6.45, 7) is 4.52. The van der Waals surface area contributed by atoms with Gasteiger partial charge in [-0.3, -0.25) is 0 Å². The first-order valence-electron chi connectivity index (χ1n) is 6.91. The topological polar surface area (TPSA) is 58.2 Å². The van der Waals surface area contributed by atoms with Crippen LogP contribution in [0.3, 0.4) is 0 Å². The van der Waals surface area contributed by atoms with Gasteiger partial charge in [-0.1, -0.05) is 25.5 Å². The van der Waals surface area contributed by atoms with Crippen molar-refractivity contribution in [2.45, 2.75) is 31.1 Å². The summed E-state index contributed by atoms with van der Waals surface area (Å²) in [5.41, 5.74) is 1.18. The summed E-state index contributed by atoms with van der Waals surface area (Å²) < 4.78 is 27.0. The molecule has 0 spiro atoms. The second-order valence-electron chi connectivity index (χ2n) is 5.10. The third-order valence-corrected chi connectivity index (χ3v) is 4.94. The van der Waals surface area contributed by atoms with E-state index in [4.69, 9.17) is 0 Å². The molecule has 4 nitrogen and oxygen atoms in total. The van der Waals surface area contributed by atoms with Crippen molar-refractivity contribution in [2.24, 2.45) is 5.92 Å². The van der Waals surface area contributed by atoms with Crippen LogP contribution in [0.2, 0.25) is 0 Å². The first-order chi connectivity index (χ1) is 9.12. The van der Waals surface area contributed by atoms with Gasteiger partial charge in [0.15, 0.2) is 0 Å². The maximum Gasteiger partial charge on any atom is 0.240 e. The normalized spacial score (nSPS) is 19.7. The van der Waals surface area contributed by atoms with Crippen molar-refractivity contribution in [2.75, 3.05) is 19.6 Å². The molecular formula is C14H22N2O2S. The van der Waals surface area contributed by atoms with Gasteiger partial charge < -0.3 is 5.32 Å². The van der Waals surface area contributed by atoms with E-state index in [-0.39, 0.29) is 0 Å². The lowest BCUT2D eigenvalue weighted by atomic mass is 10.1. The van der Waals surface area contributed by atoms with Gasteiger partial charge in [-0.2, -0.15) is 0 Å². The van der Waals surface area contributed by atoms with Crippen molar-refractivity contribution < 1.29 is 8.42 Å². The van der Waals surface area contributed by atoms with Crippen LogP contribution in [0.25, 0.3) is 0 Å². The van der Waals surface area contributed by atoms with Crippen molar-refractivity contribution in [1.82, 2.24) is 10.0 Å². The Kier molecular flexibility index (Phi) is 4.96. The van der Waals surface area contributed by atoms with Crippen LogP contribution in [0.4, 0.5) is 0 Å². The first kappa shape index (κ1) is 14.5. The van der Waals surface area contributed by atoms with Gasteiger partial charge in [-0.15, -0.1) is 0 Å². The summed E-state index contributed by atoms with van der Waals surface area (Å²) in [7, 11) is -3.36. The Morgan fingerprint density at radius 3 is 2.63 bits per heavy atom. The molecule has 19 heavy (non-hydrogen) atoms. The van der Waals surface area contributed by atoms with E-state index in [9.17, 15) is 8.42 Å². The Labute approximate surface area is 115 Å². The molecule has 0 radical (unpaired) electrons. The Morgan fingerprint density at radius 1 is 1.32 bits per heavy atom. The average molecular weight is 282 g/mol. The van der Waals surface area contributed by atoms with Gasteiger partial charge >= 0.3 is 0 Å². The lowest BCUT2D eigenvalue weighted by Gasteiger charge is -2.11. The largest absolute Gasteiger partial charge is 0.316 e. The highest BCUT2D eigenvalue weighted by molar-refractivity contribution is 7.89. The van der Waals surface area contributed by atoms with Crippen LogP contribution >= 0.6 is 0 Å². The molecule has 1 aromatic rings. The van der Waals surface area contributed by atoms with E-state index >= 15 is 0 Å². The fourth-order valence-electron chi connectivity index (χ4n) is 2.32. The zero-order valence-corrected chi connectivity index (χ0v) is 12.2. The van der Waals surface area contributed by atoms with E-state index in [0.29, 0.717) is 17.4 Å². The van der Waals surface area contributed by atoms with E-state index in [1.807, 2.05) is 12.1 Å². The van der Waals surface area contributed by atoms with Gasteiger partial charge in [0.05, 0.1) is 4.90 Å². The Balaban J connectivity index is 1.97. The van der Waals surface area contributed by atoms with E-state index in [1.54, 1.807) is 12.1 Å². The minimum absolute atomic E-state index is 0.360. The number of rotatable bonds is 6. The molecule has 1 aromatic carbocycles. The third kappa shape index (κ3) is 4.03. The minimum Gasteiger partial charge on any atom is -0.316 e. The van der Waals surface area contributed by atoms with Crippen LogP contribution in [-0.4, -0.2) is 28.1 Å². The molecule has 0 aliphatic carbocycles. The fourth-order valence-corrected chi connectivity index (χ4v) is 3.44. The molecule has 0 bridgehead atoms. The second kappa shape index (κ2) is 6.50. The molecule has 0 aromatic heterocycles. The van der Waals surface area contributed by atoms with Crippen molar-refractivity contribution >= 4 is 10.0 Å². The summed E-state index contributed by atoms with van der Waals surface area (Å²) in [6.07, 6.45) is 3.10. The highest BCUT2D eigenvalue weighted by Gasteiger charge is 2.19. The number of nitrogens with one attached hydrogen (secondary N) is 2. The molecule has 5 heteroatoms. The predicted octanol–water partition coefficient (Wildman–Crippen LogP) is 1.53. The summed E-state index contributed by atoms with van der Waals surface area (Å²) in [6, 6.07) is 7.19. The van der Waals surface area contributed by atoms with Crippen molar-refractivity contribution in [1.29, 1.82) is 0 Å². The SMILES string of the molecule is CCCc1ccc(S(=O)(=O)NCC2CCNC2)cc1. The smallest absolute Gasteiger partial charge is 0.240 e. The van der Waals surface area contributed by atoms with Crippen LogP contribution in [0.15, 0.2) is 29.2 Å². The Hall–Kier alpha value is -0.910. The summed E-state index contributed by atoms with van der Waals surface area (Å²) in [4.78, 5) is 0.360. The molecule has 1 unspecified atom stereocenters. The number of benzene rings is 1. The van der Waals surface area contributed by atoms with Crippen LogP contribution < -0.4 is 10.0 Å². The molecule has 1 aliphatic heterocycles. The van der Waals surface area contributed by atoms with Crippen molar-refractivity contribution in [3.63, 3.8) is 0 Å². The standard InChI is InChI=1S/C14H22N2O2S/c1-2-3-12-4-6-14(7-5-12)19(17,18)16-11-13-8-9-15-10-13/h4-7,13,15-16H,2-3,8-11H2,1H3. The predicted molar refractivity (Wildman–Crippen MR) is 76.6 cm³/mol. The summed E-state index contributed by atoms with van der Waals surface area (Å²) in [5.74, 6) is 0.411. The van der Waals surface area contributed by atoms with Crippen molar-refractivity contribution in [3.8, 4) is 0 Å². The molecule has 2 rings (SSSR count). The van der Waals surface area contributed by atoms with E-state index in [1.165, 1.54) is 5.56 Å². The zero-order chi connectivity index (χ0) is 13.7. The lowest BCUT2D eigenvalue weighted by molar-refractivity contribution is 0.539. The van der Waals surface area contributed by atoms with Crippen molar-refractivity contribution in [3.05, 3.63) is 29.8 Å². The van der Waals surface area contributed by atoms with E-state index in [0.717, 1.165) is 32.4 Å².